The highest BCUT2D eigenvalue weighted by Crippen LogP contribution is 2.28. The second-order valence-electron chi connectivity index (χ2n) is 5.28. The van der Waals surface area contributed by atoms with Gasteiger partial charge in [0.05, 0.1) is 11.8 Å². The van der Waals surface area contributed by atoms with Crippen LogP contribution in [0.5, 0.6) is 0 Å². The molecular formula is C14H20BrNO3. The minimum absolute atomic E-state index is 0.532. The molecule has 1 unspecified atom stereocenters. The molecule has 0 fully saturated rings. The molecule has 1 aromatic rings. The number of carbonyl (C=O) groups excluding carboxylic acids is 1. The third kappa shape index (κ3) is 5.20. The minimum Gasteiger partial charge on any atom is -0.444 e. The molecule has 2 N–H and O–H groups in total. The Bertz CT molecular complexity index is 454. The molecule has 5 heteroatoms. The summed E-state index contributed by atoms with van der Waals surface area (Å²) in [5.74, 6) is 0. The lowest BCUT2D eigenvalue weighted by molar-refractivity contribution is 0.0635. The van der Waals surface area contributed by atoms with E-state index in [1.165, 1.54) is 0 Å². The topological polar surface area (TPSA) is 58.6 Å². The number of hydrogen-bond acceptors (Lipinski definition) is 3. The molecule has 0 spiro atoms. The Hall–Kier alpha value is -1.07. The van der Waals surface area contributed by atoms with Crippen LogP contribution in [0.2, 0.25) is 0 Å². The second-order valence-corrected chi connectivity index (χ2v) is 6.20. The molecule has 0 saturated carbocycles. The number of amides is 1. The average Bonchev–Trinajstić information content (AvgIpc) is 2.25. The molecule has 0 bridgehead atoms. The van der Waals surface area contributed by atoms with Gasteiger partial charge in [-0.2, -0.15) is 0 Å². The first-order valence-electron chi connectivity index (χ1n) is 6.20. The van der Waals surface area contributed by atoms with Crippen molar-refractivity contribution < 1.29 is 14.6 Å². The van der Waals surface area contributed by atoms with E-state index in [1.54, 1.807) is 32.9 Å². The van der Waals surface area contributed by atoms with Gasteiger partial charge in [0.15, 0.2) is 0 Å². The maximum atomic E-state index is 11.8. The van der Waals surface area contributed by atoms with Crippen LogP contribution in [0.4, 0.5) is 10.5 Å². The van der Waals surface area contributed by atoms with E-state index in [1.807, 2.05) is 13.0 Å². The van der Waals surface area contributed by atoms with E-state index in [4.69, 9.17) is 4.74 Å². The maximum absolute atomic E-state index is 11.8. The van der Waals surface area contributed by atoms with Gasteiger partial charge in [0, 0.05) is 10.0 Å². The fourth-order valence-corrected chi connectivity index (χ4v) is 1.92. The molecule has 0 radical (unpaired) electrons. The summed E-state index contributed by atoms with van der Waals surface area (Å²) in [6.07, 6.45) is -0.571. The first-order valence-corrected chi connectivity index (χ1v) is 6.99. The number of aliphatic hydroxyl groups is 1. The van der Waals surface area contributed by atoms with E-state index >= 15 is 0 Å². The van der Waals surface area contributed by atoms with E-state index in [9.17, 15) is 9.90 Å². The average molecular weight is 330 g/mol. The molecule has 0 saturated heterocycles. The maximum Gasteiger partial charge on any atom is 0.412 e. The highest BCUT2D eigenvalue weighted by atomic mass is 79.9. The molecule has 106 valence electrons. The van der Waals surface area contributed by atoms with Crippen molar-refractivity contribution >= 4 is 27.7 Å². The van der Waals surface area contributed by atoms with Crippen LogP contribution in [0.15, 0.2) is 22.7 Å². The number of benzene rings is 1. The molecule has 1 atom stereocenters. The van der Waals surface area contributed by atoms with E-state index in [0.29, 0.717) is 17.7 Å². The predicted molar refractivity (Wildman–Crippen MR) is 79.2 cm³/mol. The quantitative estimate of drug-likeness (QED) is 0.871. The van der Waals surface area contributed by atoms with Crippen molar-refractivity contribution in [3.63, 3.8) is 0 Å². The summed E-state index contributed by atoms with van der Waals surface area (Å²) in [4.78, 5) is 11.8. The molecule has 4 nitrogen and oxygen atoms in total. The second kappa shape index (κ2) is 6.39. The number of nitrogens with one attached hydrogen (secondary N) is 1. The first-order chi connectivity index (χ1) is 8.73. The smallest absolute Gasteiger partial charge is 0.412 e. The summed E-state index contributed by atoms with van der Waals surface area (Å²) in [5.41, 5.74) is 0.675. The summed E-state index contributed by atoms with van der Waals surface area (Å²) < 4.78 is 6.03. The highest BCUT2D eigenvalue weighted by molar-refractivity contribution is 9.10. The number of aliphatic hydroxyl groups excluding tert-OH is 1. The number of carbonyl (C=O) groups is 1. The predicted octanol–water partition coefficient (Wildman–Crippen LogP) is 4.24. The Morgan fingerprint density at radius 2 is 2.11 bits per heavy atom. The van der Waals surface area contributed by atoms with E-state index in [2.05, 4.69) is 21.2 Å². The van der Waals surface area contributed by atoms with Gasteiger partial charge in [0.25, 0.3) is 0 Å². The summed E-state index contributed by atoms with van der Waals surface area (Å²) >= 11 is 3.34. The van der Waals surface area contributed by atoms with Gasteiger partial charge in [-0.25, -0.2) is 4.79 Å². The van der Waals surface area contributed by atoms with Crippen molar-refractivity contribution in [1.82, 2.24) is 0 Å². The van der Waals surface area contributed by atoms with Crippen LogP contribution in [0.1, 0.15) is 45.8 Å². The number of anilines is 1. The van der Waals surface area contributed by atoms with Crippen LogP contribution in [0.3, 0.4) is 0 Å². The fourth-order valence-electron chi connectivity index (χ4n) is 1.56. The van der Waals surface area contributed by atoms with E-state index in [0.717, 1.165) is 4.47 Å². The molecule has 19 heavy (non-hydrogen) atoms. The zero-order chi connectivity index (χ0) is 14.6. The molecule has 1 amide bonds. The molecule has 1 aromatic carbocycles. The molecular weight excluding hydrogens is 310 g/mol. The Morgan fingerprint density at radius 3 is 2.63 bits per heavy atom. The number of ether oxygens (including phenoxy) is 1. The van der Waals surface area contributed by atoms with Crippen LogP contribution in [-0.4, -0.2) is 16.8 Å². The van der Waals surface area contributed by atoms with Crippen molar-refractivity contribution in [2.45, 2.75) is 45.8 Å². The van der Waals surface area contributed by atoms with E-state index in [-0.39, 0.29) is 0 Å². The molecule has 0 aliphatic heterocycles. The molecule has 0 heterocycles. The van der Waals surface area contributed by atoms with Gasteiger partial charge in [0.2, 0.25) is 0 Å². The molecule has 0 aliphatic carbocycles. The fraction of sp³-hybridized carbons (Fsp3) is 0.500. The minimum atomic E-state index is -0.613. The normalized spacial score (nSPS) is 12.9. The lowest BCUT2D eigenvalue weighted by Crippen LogP contribution is -2.27. The van der Waals surface area contributed by atoms with Gasteiger partial charge in [-0.3, -0.25) is 5.32 Å². The Morgan fingerprint density at radius 1 is 1.47 bits per heavy atom. The summed E-state index contributed by atoms with van der Waals surface area (Å²) in [6, 6.07) is 5.36. The third-order valence-electron chi connectivity index (χ3n) is 2.40. The van der Waals surface area contributed by atoms with E-state index < -0.39 is 17.8 Å². The van der Waals surface area contributed by atoms with Crippen molar-refractivity contribution in [2.75, 3.05) is 5.32 Å². The van der Waals surface area contributed by atoms with Crippen LogP contribution in [0, 0.1) is 0 Å². The van der Waals surface area contributed by atoms with Crippen molar-refractivity contribution in [2.24, 2.45) is 0 Å². The Kier molecular flexibility index (Phi) is 5.38. The van der Waals surface area contributed by atoms with Gasteiger partial charge < -0.3 is 9.84 Å². The number of hydrogen-bond donors (Lipinski definition) is 2. The standard InChI is InChI=1S/C14H20BrNO3/c1-5-12(17)10-7-6-9(15)8-11(10)16-13(18)19-14(2,3)4/h6-8,12,17H,5H2,1-4H3,(H,16,18). The van der Waals surface area contributed by atoms with Crippen LogP contribution < -0.4 is 5.32 Å². The Balaban J connectivity index is 2.93. The number of halogens is 1. The monoisotopic (exact) mass is 329 g/mol. The SMILES string of the molecule is CCC(O)c1ccc(Br)cc1NC(=O)OC(C)(C)C. The van der Waals surface area contributed by atoms with Crippen LogP contribution >= 0.6 is 15.9 Å². The third-order valence-corrected chi connectivity index (χ3v) is 2.89. The zero-order valence-corrected chi connectivity index (χ0v) is 13.2. The van der Waals surface area contributed by atoms with Gasteiger partial charge in [-0.15, -0.1) is 0 Å². The summed E-state index contributed by atoms with van der Waals surface area (Å²) in [6.45, 7) is 7.28. The Labute approximate surface area is 122 Å². The lowest BCUT2D eigenvalue weighted by atomic mass is 10.1. The molecule has 0 aliphatic rings. The van der Waals surface area contributed by atoms with Gasteiger partial charge in [0.1, 0.15) is 5.60 Å². The lowest BCUT2D eigenvalue weighted by Gasteiger charge is -2.21. The van der Waals surface area contributed by atoms with Crippen molar-refractivity contribution in [1.29, 1.82) is 0 Å². The van der Waals surface area contributed by atoms with Crippen molar-refractivity contribution in [3.05, 3.63) is 28.2 Å². The molecule has 0 aromatic heterocycles. The summed E-state index contributed by atoms with van der Waals surface area (Å²) in [5, 5.41) is 12.6. The van der Waals surface area contributed by atoms with Crippen LogP contribution in [0.25, 0.3) is 0 Å². The zero-order valence-electron chi connectivity index (χ0n) is 11.7. The van der Waals surface area contributed by atoms with Crippen LogP contribution in [-0.2, 0) is 4.74 Å². The van der Waals surface area contributed by atoms with Gasteiger partial charge in [-0.1, -0.05) is 28.9 Å². The van der Waals surface area contributed by atoms with Gasteiger partial charge in [-0.05, 0) is 39.3 Å². The van der Waals surface area contributed by atoms with Gasteiger partial charge >= 0.3 is 6.09 Å². The first kappa shape index (κ1) is 16.0. The summed E-state index contributed by atoms with van der Waals surface area (Å²) in [7, 11) is 0. The highest BCUT2D eigenvalue weighted by Gasteiger charge is 2.18. The largest absolute Gasteiger partial charge is 0.444 e. The molecule has 1 rings (SSSR count). The number of rotatable bonds is 3. The van der Waals surface area contributed by atoms with Crippen molar-refractivity contribution in [3.8, 4) is 0 Å².